The van der Waals surface area contributed by atoms with Crippen LogP contribution in [0.5, 0.6) is 0 Å². The number of hydrogen-bond acceptors (Lipinski definition) is 4. The smallest absolute Gasteiger partial charge is 0.373 e. The van der Waals surface area contributed by atoms with Gasteiger partial charge in [0, 0.05) is 26.7 Å². The van der Waals surface area contributed by atoms with Crippen molar-refractivity contribution in [2.24, 2.45) is 10.9 Å². The standard InChI is InChI=1S/C15H25F3N4O3S.HI/c1-19-14(21-12-8-11-2-3-13(12)25-11)20-9-10-4-6-22(7-5-10)26(23,24)15(16,17)18;/h10-13H,2-9H2,1H3,(H2,19,20,21);1H. The SMILES string of the molecule is CN=C(NCC1CCN(S(=O)(=O)C(F)(F)F)CC1)NC1CC2CCC1O2.I. The lowest BCUT2D eigenvalue weighted by Gasteiger charge is -2.32. The Kier molecular flexibility index (Phi) is 7.64. The third kappa shape index (κ3) is 5.18. The molecular weight excluding hydrogens is 500 g/mol. The summed E-state index contributed by atoms with van der Waals surface area (Å²) in [5, 5.41) is 6.55. The van der Waals surface area contributed by atoms with Crippen molar-refractivity contribution in [3.05, 3.63) is 0 Å². The maximum Gasteiger partial charge on any atom is 0.511 e. The van der Waals surface area contributed by atoms with Crippen molar-refractivity contribution in [3.63, 3.8) is 0 Å². The molecule has 2 bridgehead atoms. The van der Waals surface area contributed by atoms with Crippen LogP contribution in [0.25, 0.3) is 0 Å². The Bertz CT molecular complexity index is 639. The highest BCUT2D eigenvalue weighted by Gasteiger charge is 2.50. The van der Waals surface area contributed by atoms with Crippen molar-refractivity contribution in [3.8, 4) is 0 Å². The van der Waals surface area contributed by atoms with E-state index in [0.717, 1.165) is 19.3 Å². The predicted octanol–water partition coefficient (Wildman–Crippen LogP) is 1.65. The van der Waals surface area contributed by atoms with E-state index < -0.39 is 15.5 Å². The van der Waals surface area contributed by atoms with Gasteiger partial charge < -0.3 is 15.4 Å². The Morgan fingerprint density at radius 3 is 2.37 bits per heavy atom. The molecule has 2 N–H and O–H groups in total. The van der Waals surface area contributed by atoms with Crippen LogP contribution in [0.2, 0.25) is 0 Å². The summed E-state index contributed by atoms with van der Waals surface area (Å²) >= 11 is 0. The Balaban J connectivity index is 0.00000261. The summed E-state index contributed by atoms with van der Waals surface area (Å²) in [6.45, 7) is 0.322. The van der Waals surface area contributed by atoms with Crippen LogP contribution in [0.15, 0.2) is 4.99 Å². The molecule has 3 aliphatic heterocycles. The maximum atomic E-state index is 12.6. The van der Waals surface area contributed by atoms with Gasteiger partial charge in [-0.3, -0.25) is 4.99 Å². The zero-order valence-corrected chi connectivity index (χ0v) is 18.2. The van der Waals surface area contributed by atoms with Crippen LogP contribution in [0.1, 0.15) is 32.1 Å². The number of ether oxygens (including phenoxy) is 1. The van der Waals surface area contributed by atoms with Crippen molar-refractivity contribution >= 4 is 40.0 Å². The molecule has 12 heteroatoms. The van der Waals surface area contributed by atoms with Crippen molar-refractivity contribution in [1.29, 1.82) is 0 Å². The van der Waals surface area contributed by atoms with Crippen LogP contribution in [-0.4, -0.2) is 69.1 Å². The van der Waals surface area contributed by atoms with Crippen molar-refractivity contribution in [1.82, 2.24) is 14.9 Å². The monoisotopic (exact) mass is 526 g/mol. The first-order chi connectivity index (χ1) is 12.2. The van der Waals surface area contributed by atoms with Crippen molar-refractivity contribution in [2.45, 2.75) is 55.9 Å². The van der Waals surface area contributed by atoms with Gasteiger partial charge in [-0.2, -0.15) is 17.5 Å². The van der Waals surface area contributed by atoms with Crippen LogP contribution in [0.3, 0.4) is 0 Å². The third-order valence-electron chi connectivity index (χ3n) is 5.42. The van der Waals surface area contributed by atoms with E-state index in [1.54, 1.807) is 7.05 Å². The summed E-state index contributed by atoms with van der Waals surface area (Å²) in [7, 11) is -3.55. The minimum atomic E-state index is -5.23. The number of halogens is 4. The molecule has 3 saturated heterocycles. The fourth-order valence-corrected chi connectivity index (χ4v) is 4.89. The van der Waals surface area contributed by atoms with Gasteiger partial charge in [0.25, 0.3) is 0 Å². The van der Waals surface area contributed by atoms with Crippen LogP contribution in [0.4, 0.5) is 13.2 Å². The van der Waals surface area contributed by atoms with E-state index >= 15 is 0 Å². The topological polar surface area (TPSA) is 83.0 Å². The molecule has 0 spiro atoms. The van der Waals surface area contributed by atoms with Gasteiger partial charge in [0.05, 0.1) is 18.2 Å². The molecule has 7 nitrogen and oxygen atoms in total. The molecule has 0 aliphatic carbocycles. The van der Waals surface area contributed by atoms with Crippen LogP contribution in [-0.2, 0) is 14.8 Å². The van der Waals surface area contributed by atoms with Gasteiger partial charge >= 0.3 is 15.5 Å². The average Bonchev–Trinajstić information content (AvgIpc) is 3.20. The Hall–Kier alpha value is -0.340. The van der Waals surface area contributed by atoms with E-state index in [2.05, 4.69) is 15.6 Å². The number of hydrogen-bond donors (Lipinski definition) is 2. The van der Waals surface area contributed by atoms with E-state index in [1.807, 2.05) is 0 Å². The minimum absolute atomic E-state index is 0. The first-order valence-corrected chi connectivity index (χ1v) is 10.3. The molecule has 0 aromatic rings. The fourth-order valence-electron chi connectivity index (χ4n) is 3.90. The molecule has 3 atom stereocenters. The van der Waals surface area contributed by atoms with Gasteiger partial charge in [0.1, 0.15) is 0 Å². The number of guanidine groups is 1. The van der Waals surface area contributed by atoms with Crippen LogP contribution < -0.4 is 10.6 Å². The van der Waals surface area contributed by atoms with Gasteiger partial charge in [0.2, 0.25) is 0 Å². The highest BCUT2D eigenvalue weighted by molar-refractivity contribution is 14.0. The fraction of sp³-hybridized carbons (Fsp3) is 0.933. The molecule has 158 valence electrons. The van der Waals surface area contributed by atoms with Crippen LogP contribution in [0, 0.1) is 5.92 Å². The van der Waals surface area contributed by atoms with Gasteiger partial charge in [-0.1, -0.05) is 0 Å². The molecular formula is C15H26F3IN4O3S. The molecule has 0 radical (unpaired) electrons. The number of aliphatic imine (C=N–C) groups is 1. The van der Waals surface area contributed by atoms with E-state index in [9.17, 15) is 21.6 Å². The molecule has 3 heterocycles. The second kappa shape index (κ2) is 8.99. The molecule has 3 unspecified atom stereocenters. The van der Waals surface area contributed by atoms with Gasteiger partial charge in [-0.25, -0.2) is 8.42 Å². The number of sulfonamides is 1. The third-order valence-corrected chi connectivity index (χ3v) is 7.05. The molecule has 3 rings (SSSR count). The molecule has 3 aliphatic rings. The summed E-state index contributed by atoms with van der Waals surface area (Å²) in [6.07, 6.45) is 4.43. The number of fused-ring (bicyclic) bond motifs is 2. The maximum absolute atomic E-state index is 12.6. The summed E-state index contributed by atoms with van der Waals surface area (Å²) in [5.74, 6) is 0.751. The van der Waals surface area contributed by atoms with E-state index in [4.69, 9.17) is 4.74 Å². The van der Waals surface area contributed by atoms with E-state index in [-0.39, 0.29) is 55.1 Å². The number of alkyl halides is 3. The predicted molar refractivity (Wildman–Crippen MR) is 105 cm³/mol. The highest BCUT2D eigenvalue weighted by atomic mass is 127. The lowest BCUT2D eigenvalue weighted by atomic mass is 9.95. The summed E-state index contributed by atoms with van der Waals surface area (Å²) in [4.78, 5) is 4.19. The first-order valence-electron chi connectivity index (χ1n) is 8.89. The molecule has 0 amide bonds. The largest absolute Gasteiger partial charge is 0.511 e. The summed E-state index contributed by atoms with van der Waals surface area (Å²) < 4.78 is 67.0. The number of nitrogens with zero attached hydrogens (tertiary/aromatic N) is 2. The molecule has 0 aromatic carbocycles. The molecule has 3 fully saturated rings. The minimum Gasteiger partial charge on any atom is -0.373 e. The first kappa shape index (κ1) is 22.9. The zero-order valence-electron chi connectivity index (χ0n) is 15.0. The Labute approximate surface area is 174 Å². The number of rotatable bonds is 4. The number of nitrogens with one attached hydrogen (secondary N) is 2. The Morgan fingerprint density at radius 1 is 1.22 bits per heavy atom. The molecule has 0 aromatic heterocycles. The second-order valence-corrected chi connectivity index (χ2v) is 9.04. The molecule has 27 heavy (non-hydrogen) atoms. The summed E-state index contributed by atoms with van der Waals surface area (Å²) in [6, 6.07) is 0.235. The number of piperidine rings is 1. The van der Waals surface area contributed by atoms with Crippen LogP contribution >= 0.6 is 24.0 Å². The van der Waals surface area contributed by atoms with E-state index in [1.165, 1.54) is 0 Å². The normalized spacial score (nSPS) is 30.2. The van der Waals surface area contributed by atoms with Crippen molar-refractivity contribution in [2.75, 3.05) is 26.7 Å². The summed E-state index contributed by atoms with van der Waals surface area (Å²) in [5.41, 5.74) is -5.23. The average molecular weight is 526 g/mol. The zero-order chi connectivity index (χ0) is 18.9. The lowest BCUT2D eigenvalue weighted by Crippen LogP contribution is -2.50. The second-order valence-electron chi connectivity index (χ2n) is 7.11. The lowest BCUT2D eigenvalue weighted by molar-refractivity contribution is -0.0496. The van der Waals surface area contributed by atoms with Gasteiger partial charge in [-0.05, 0) is 38.0 Å². The van der Waals surface area contributed by atoms with Gasteiger partial charge in [0.15, 0.2) is 5.96 Å². The Morgan fingerprint density at radius 2 is 1.89 bits per heavy atom. The van der Waals surface area contributed by atoms with Gasteiger partial charge in [-0.15, -0.1) is 24.0 Å². The molecule has 0 saturated carbocycles. The van der Waals surface area contributed by atoms with Crippen molar-refractivity contribution < 1.29 is 26.3 Å². The quantitative estimate of drug-likeness (QED) is 0.331. The highest BCUT2D eigenvalue weighted by Crippen LogP contribution is 2.34. The van der Waals surface area contributed by atoms with E-state index in [0.29, 0.717) is 35.8 Å².